The second kappa shape index (κ2) is 8.24. The van der Waals surface area contributed by atoms with Gasteiger partial charge < -0.3 is 14.9 Å². The summed E-state index contributed by atoms with van der Waals surface area (Å²) in [7, 11) is 0. The second-order valence-corrected chi connectivity index (χ2v) is 8.68. The lowest BCUT2D eigenvalue weighted by molar-refractivity contribution is -0.159. The van der Waals surface area contributed by atoms with Crippen LogP contribution < -0.4 is 0 Å². The molecule has 1 N–H and O–H groups in total. The Morgan fingerprint density at radius 2 is 1.56 bits per heavy atom. The number of nitrogens with zero attached hydrogens (tertiary/aromatic N) is 2. The van der Waals surface area contributed by atoms with Gasteiger partial charge in [0.25, 0.3) is 5.91 Å². The maximum atomic E-state index is 12.9. The number of carbonyl (C=O) groups excluding carboxylic acids is 2. The van der Waals surface area contributed by atoms with E-state index in [0.717, 1.165) is 16.7 Å². The number of aryl methyl sites for hydroxylation is 1. The van der Waals surface area contributed by atoms with E-state index in [1.807, 2.05) is 18.2 Å². The summed E-state index contributed by atoms with van der Waals surface area (Å²) in [6.45, 7) is 2.51. The molecule has 0 saturated carbocycles. The number of amides is 2. The summed E-state index contributed by atoms with van der Waals surface area (Å²) in [4.78, 5) is 29.2. The van der Waals surface area contributed by atoms with Crippen molar-refractivity contribution < 1.29 is 14.7 Å². The molecule has 0 aliphatic carbocycles. The molecule has 2 aliphatic heterocycles. The van der Waals surface area contributed by atoms with Gasteiger partial charge in [-0.1, -0.05) is 72.3 Å². The lowest BCUT2D eigenvalue weighted by Gasteiger charge is -2.58. The van der Waals surface area contributed by atoms with Crippen LogP contribution in [-0.2, 0) is 4.79 Å². The highest BCUT2D eigenvalue weighted by Gasteiger charge is 2.54. The van der Waals surface area contributed by atoms with Gasteiger partial charge in [0, 0.05) is 18.0 Å². The number of carbonyl (C=O) groups is 2. The lowest BCUT2D eigenvalue weighted by atomic mass is 9.73. The molecular weight excluding hydrogens is 400 g/mol. The van der Waals surface area contributed by atoms with Gasteiger partial charge >= 0.3 is 0 Å². The van der Waals surface area contributed by atoms with Crippen LogP contribution in [0.25, 0.3) is 11.1 Å². The lowest BCUT2D eigenvalue weighted by Crippen LogP contribution is -2.73. The van der Waals surface area contributed by atoms with Crippen molar-refractivity contribution in [2.75, 3.05) is 19.7 Å². The van der Waals surface area contributed by atoms with E-state index in [1.165, 1.54) is 5.56 Å². The Morgan fingerprint density at radius 1 is 0.938 bits per heavy atom. The highest BCUT2D eigenvalue weighted by Crippen LogP contribution is 2.43. The number of rotatable bonds is 4. The molecule has 5 nitrogen and oxygen atoms in total. The molecular formula is C27H26N2O3. The number of benzene rings is 3. The summed E-state index contributed by atoms with van der Waals surface area (Å²) >= 11 is 0. The Labute approximate surface area is 187 Å². The predicted octanol–water partition coefficient (Wildman–Crippen LogP) is 3.47. The van der Waals surface area contributed by atoms with Crippen molar-refractivity contribution in [3.05, 3.63) is 95.6 Å². The molecule has 0 unspecified atom stereocenters. The van der Waals surface area contributed by atoms with Crippen LogP contribution >= 0.6 is 0 Å². The minimum Gasteiger partial charge on any atom is -0.394 e. The Balaban J connectivity index is 1.38. The van der Waals surface area contributed by atoms with Crippen molar-refractivity contribution in [3.8, 4) is 11.1 Å². The molecule has 162 valence electrons. The Bertz CT molecular complexity index is 1130. The fraction of sp³-hybridized carbons (Fsp3) is 0.259. The van der Waals surface area contributed by atoms with Crippen LogP contribution in [-0.4, -0.2) is 58.5 Å². The average molecular weight is 427 g/mol. The fourth-order valence-electron chi connectivity index (χ4n) is 5.06. The minimum absolute atomic E-state index is 0.00221. The van der Waals surface area contributed by atoms with Crippen molar-refractivity contribution in [1.29, 1.82) is 0 Å². The van der Waals surface area contributed by atoms with E-state index >= 15 is 0 Å². The van der Waals surface area contributed by atoms with Gasteiger partial charge in [0.1, 0.15) is 6.54 Å². The third kappa shape index (κ3) is 3.49. The van der Waals surface area contributed by atoms with E-state index in [9.17, 15) is 14.7 Å². The summed E-state index contributed by atoms with van der Waals surface area (Å²) in [5, 5.41) is 10.0. The number of aliphatic hydroxyl groups is 1. The van der Waals surface area contributed by atoms with E-state index in [2.05, 4.69) is 55.5 Å². The van der Waals surface area contributed by atoms with Crippen LogP contribution in [0.2, 0.25) is 0 Å². The van der Waals surface area contributed by atoms with Gasteiger partial charge in [0.05, 0.1) is 18.7 Å². The van der Waals surface area contributed by atoms with E-state index in [0.29, 0.717) is 12.1 Å². The Hall–Kier alpha value is -3.44. The molecule has 2 saturated heterocycles. The van der Waals surface area contributed by atoms with Crippen LogP contribution in [0.4, 0.5) is 0 Å². The number of aliphatic hydroxyl groups excluding tert-OH is 1. The van der Waals surface area contributed by atoms with Crippen LogP contribution in [0.5, 0.6) is 0 Å². The topological polar surface area (TPSA) is 60.9 Å². The number of hydrogen-bond donors (Lipinski definition) is 1. The van der Waals surface area contributed by atoms with Gasteiger partial charge in [-0.3, -0.25) is 9.59 Å². The van der Waals surface area contributed by atoms with Gasteiger partial charge in [-0.25, -0.2) is 0 Å². The average Bonchev–Trinajstić information content (AvgIpc) is 2.81. The first kappa shape index (κ1) is 20.5. The van der Waals surface area contributed by atoms with Gasteiger partial charge in [0.15, 0.2) is 0 Å². The summed E-state index contributed by atoms with van der Waals surface area (Å²) in [5.74, 6) is -0.223. The third-order valence-electron chi connectivity index (χ3n) is 6.74. The van der Waals surface area contributed by atoms with Crippen molar-refractivity contribution >= 4 is 11.8 Å². The predicted molar refractivity (Wildman–Crippen MR) is 123 cm³/mol. The Morgan fingerprint density at radius 3 is 2.19 bits per heavy atom. The van der Waals surface area contributed by atoms with Crippen LogP contribution in [0.15, 0.2) is 78.9 Å². The zero-order valence-electron chi connectivity index (χ0n) is 18.0. The molecule has 3 aromatic carbocycles. The normalized spacial score (nSPS) is 22.3. The molecule has 3 aromatic rings. The van der Waals surface area contributed by atoms with E-state index < -0.39 is 0 Å². The molecule has 32 heavy (non-hydrogen) atoms. The van der Waals surface area contributed by atoms with Gasteiger partial charge in [-0.05, 0) is 35.7 Å². The summed E-state index contributed by atoms with van der Waals surface area (Å²) < 4.78 is 0. The molecule has 2 fully saturated rings. The van der Waals surface area contributed by atoms with E-state index in [4.69, 9.17) is 0 Å². The molecule has 2 amide bonds. The van der Waals surface area contributed by atoms with Gasteiger partial charge in [0.2, 0.25) is 5.91 Å². The van der Waals surface area contributed by atoms with Crippen LogP contribution in [0, 0.1) is 6.92 Å². The highest BCUT2D eigenvalue weighted by molar-refractivity contribution is 5.97. The van der Waals surface area contributed by atoms with Crippen LogP contribution in [0.1, 0.15) is 27.4 Å². The highest BCUT2D eigenvalue weighted by atomic mass is 16.3. The minimum atomic E-state index is -0.244. The molecule has 2 heterocycles. The van der Waals surface area contributed by atoms with Crippen molar-refractivity contribution in [3.63, 3.8) is 0 Å². The summed E-state index contributed by atoms with van der Waals surface area (Å²) in [6.07, 6.45) is 0. The monoisotopic (exact) mass is 426 g/mol. The molecule has 2 aliphatic rings. The van der Waals surface area contributed by atoms with Crippen LogP contribution in [0.3, 0.4) is 0 Å². The first-order valence-electron chi connectivity index (χ1n) is 11.0. The largest absolute Gasteiger partial charge is 0.394 e. The van der Waals surface area contributed by atoms with Gasteiger partial charge in [-0.2, -0.15) is 0 Å². The zero-order chi connectivity index (χ0) is 22.2. The number of fused-ring (bicyclic) bond motifs is 1. The molecule has 5 rings (SSSR count). The number of hydrogen-bond acceptors (Lipinski definition) is 3. The first-order valence-corrected chi connectivity index (χ1v) is 11.0. The third-order valence-corrected chi connectivity index (χ3v) is 6.74. The Kier molecular flexibility index (Phi) is 5.27. The van der Waals surface area contributed by atoms with Crippen molar-refractivity contribution in [2.45, 2.75) is 24.9 Å². The maximum Gasteiger partial charge on any atom is 0.254 e. The molecule has 0 bridgehead atoms. The molecule has 0 spiro atoms. The maximum absolute atomic E-state index is 12.9. The van der Waals surface area contributed by atoms with Crippen molar-refractivity contribution in [1.82, 2.24) is 9.80 Å². The molecule has 0 aromatic heterocycles. The zero-order valence-corrected chi connectivity index (χ0v) is 18.0. The first-order chi connectivity index (χ1) is 15.6. The second-order valence-electron chi connectivity index (χ2n) is 8.68. The van der Waals surface area contributed by atoms with E-state index in [1.54, 1.807) is 21.9 Å². The summed E-state index contributed by atoms with van der Waals surface area (Å²) in [6, 6.07) is 25.5. The summed E-state index contributed by atoms with van der Waals surface area (Å²) in [5.41, 5.74) is 5.19. The quantitative estimate of drug-likeness (QED) is 0.695. The van der Waals surface area contributed by atoms with E-state index in [-0.39, 0.29) is 43.0 Å². The SMILES string of the molecule is Cc1ccc(-c2ccc([C@@H]3[C@H](CO)N4C(=O)CN(C(=O)c5ccccc5)C[C@@H]34)cc2)cc1. The molecule has 5 heteroatoms. The standard InChI is InChI=1S/C27H26N2O3/c1-18-7-9-19(10-8-18)20-11-13-21(14-12-20)26-23-15-28(16-25(31)29(23)24(26)17-30)27(32)22-5-3-2-4-6-22/h2-14,23-24,26,30H,15-17H2,1H3/t23-,24-,26-/m0/s1. The fourth-order valence-corrected chi connectivity index (χ4v) is 5.06. The smallest absolute Gasteiger partial charge is 0.254 e. The molecule has 0 radical (unpaired) electrons. The van der Waals surface area contributed by atoms with Crippen molar-refractivity contribution in [2.24, 2.45) is 0 Å². The van der Waals surface area contributed by atoms with Gasteiger partial charge in [-0.15, -0.1) is 0 Å². The molecule has 3 atom stereocenters. The number of piperazine rings is 1.